The van der Waals surface area contributed by atoms with Gasteiger partial charge in [-0.3, -0.25) is 0 Å². The molecule has 1 N–H and O–H groups in total. The van der Waals surface area contributed by atoms with E-state index in [0.717, 1.165) is 6.08 Å². The molecule has 0 unspecified atom stereocenters. The maximum absolute atomic E-state index is 9.25. The normalized spacial score (nSPS) is 3.69. The highest BCUT2D eigenvalue weighted by Crippen LogP contribution is 1.54. The first-order valence-corrected chi connectivity index (χ1v) is 3.12. The first-order chi connectivity index (χ1) is 6.27. The number of carbonyl (C=O) groups is 1. The van der Waals surface area contributed by atoms with E-state index < -0.39 is 5.97 Å². The van der Waals surface area contributed by atoms with E-state index in [0.29, 0.717) is 0 Å². The Labute approximate surface area is 81.9 Å². The van der Waals surface area contributed by atoms with E-state index in [1.54, 1.807) is 0 Å². The van der Waals surface area contributed by atoms with E-state index in [9.17, 15) is 4.79 Å². The summed E-state index contributed by atoms with van der Waals surface area (Å²) in [5, 5.41) is 7.60. The van der Waals surface area contributed by atoms with Gasteiger partial charge in [-0.25, -0.2) is 4.79 Å². The number of rotatable bonds is 1. The molecule has 76 valence electrons. The van der Waals surface area contributed by atoms with Gasteiger partial charge in [0.15, 0.2) is 0 Å². The van der Waals surface area contributed by atoms with Crippen molar-refractivity contribution >= 4 is 5.97 Å². The molecule has 0 bridgehead atoms. The van der Waals surface area contributed by atoms with Crippen molar-refractivity contribution in [2.24, 2.45) is 0 Å². The van der Waals surface area contributed by atoms with Gasteiger partial charge >= 0.3 is 5.97 Å². The second-order valence-electron chi connectivity index (χ2n) is 0.542. The Bertz CT molecular complexity index is 90.3. The molecule has 0 saturated heterocycles. The Balaban J connectivity index is -0.0000000230. The molecule has 13 heavy (non-hydrogen) atoms. The highest BCUT2D eigenvalue weighted by atomic mass is 16.4. The van der Waals surface area contributed by atoms with Gasteiger partial charge in [0.05, 0.1) is 0 Å². The number of hydrogen-bond acceptors (Lipinski definition) is 1. The van der Waals surface area contributed by atoms with Gasteiger partial charge in [-0.1, -0.05) is 6.58 Å². The standard InChI is InChI=1S/C3H4O2.4C2H4/c1-2-3(4)5;4*1-2/h2H,1H2,(H,4,5);4*1-2H2. The second-order valence-corrected chi connectivity index (χ2v) is 0.542. The summed E-state index contributed by atoms with van der Waals surface area (Å²) in [6.07, 6.45) is 0.833. The van der Waals surface area contributed by atoms with Gasteiger partial charge in [0.25, 0.3) is 0 Å². The minimum atomic E-state index is -0.981. The predicted octanol–water partition coefficient (Wildman–Crippen LogP) is 3.47. The molecule has 0 aliphatic heterocycles. The van der Waals surface area contributed by atoms with Crippen molar-refractivity contribution in [2.75, 3.05) is 0 Å². The zero-order chi connectivity index (χ0) is 12.3. The number of hydrogen-bond donors (Lipinski definition) is 1. The molecular formula is C11H20O2. The molecule has 0 fully saturated rings. The lowest BCUT2D eigenvalue weighted by Gasteiger charge is -1.64. The quantitative estimate of drug-likeness (QED) is 0.500. The summed E-state index contributed by atoms with van der Waals surface area (Å²) < 4.78 is 0. The molecule has 0 saturated carbocycles. The minimum Gasteiger partial charge on any atom is -0.478 e. The SMILES string of the molecule is C=C.C=C.C=C.C=C.C=CC(=O)O. The van der Waals surface area contributed by atoms with Gasteiger partial charge < -0.3 is 5.11 Å². The van der Waals surface area contributed by atoms with Crippen molar-refractivity contribution in [3.05, 3.63) is 65.3 Å². The van der Waals surface area contributed by atoms with Gasteiger partial charge in [0.2, 0.25) is 0 Å². The Morgan fingerprint density at radius 3 is 0.923 bits per heavy atom. The summed E-state index contributed by atoms with van der Waals surface area (Å²) in [6, 6.07) is 0. The van der Waals surface area contributed by atoms with E-state index in [2.05, 4.69) is 59.2 Å². The van der Waals surface area contributed by atoms with Gasteiger partial charge in [0.1, 0.15) is 0 Å². The molecule has 0 rings (SSSR count). The van der Waals surface area contributed by atoms with E-state index in [1.165, 1.54) is 0 Å². The monoisotopic (exact) mass is 184 g/mol. The van der Waals surface area contributed by atoms with Crippen LogP contribution in [0.3, 0.4) is 0 Å². The van der Waals surface area contributed by atoms with Crippen molar-refractivity contribution in [1.82, 2.24) is 0 Å². The third kappa shape index (κ3) is 23500. The smallest absolute Gasteiger partial charge is 0.327 e. The molecule has 0 aromatic rings. The zero-order valence-electron chi connectivity index (χ0n) is 8.30. The fourth-order valence-electron chi connectivity index (χ4n) is 0. The number of carboxylic acid groups (broad SMARTS) is 1. The molecule has 0 aliphatic rings. The van der Waals surface area contributed by atoms with Crippen LogP contribution in [-0.2, 0) is 4.79 Å². The van der Waals surface area contributed by atoms with Crippen LogP contribution < -0.4 is 0 Å². The van der Waals surface area contributed by atoms with Crippen LogP contribution in [0, 0.1) is 0 Å². The highest BCUT2D eigenvalue weighted by molar-refractivity contribution is 5.78. The van der Waals surface area contributed by atoms with Crippen LogP contribution in [0.15, 0.2) is 65.3 Å². The second kappa shape index (κ2) is 182. The van der Waals surface area contributed by atoms with Crippen molar-refractivity contribution in [1.29, 1.82) is 0 Å². The molecule has 0 radical (unpaired) electrons. The van der Waals surface area contributed by atoms with Crippen molar-refractivity contribution in [2.45, 2.75) is 0 Å². The van der Waals surface area contributed by atoms with E-state index >= 15 is 0 Å². The van der Waals surface area contributed by atoms with Crippen LogP contribution in [-0.4, -0.2) is 11.1 Å². The first kappa shape index (κ1) is 30.3. The Hall–Kier alpha value is -1.83. The summed E-state index contributed by atoms with van der Waals surface area (Å²) in [4.78, 5) is 9.25. The van der Waals surface area contributed by atoms with Gasteiger partial charge in [-0.05, 0) is 0 Å². The average molecular weight is 184 g/mol. The summed E-state index contributed by atoms with van der Waals surface area (Å²) in [6.45, 7) is 27.0. The van der Waals surface area contributed by atoms with Crippen LogP contribution in [0.1, 0.15) is 0 Å². The van der Waals surface area contributed by atoms with Gasteiger partial charge in [-0.15, -0.1) is 52.6 Å². The van der Waals surface area contributed by atoms with Crippen LogP contribution >= 0.6 is 0 Å². The zero-order valence-corrected chi connectivity index (χ0v) is 8.30. The van der Waals surface area contributed by atoms with Crippen LogP contribution in [0.5, 0.6) is 0 Å². The molecule has 0 amide bonds. The molecule has 0 heterocycles. The molecule has 0 atom stereocenters. The predicted molar refractivity (Wildman–Crippen MR) is 62.8 cm³/mol. The van der Waals surface area contributed by atoms with Crippen LogP contribution in [0.2, 0.25) is 0 Å². The van der Waals surface area contributed by atoms with Crippen molar-refractivity contribution < 1.29 is 9.90 Å². The molecule has 2 nitrogen and oxygen atoms in total. The minimum absolute atomic E-state index is 0.833. The molecule has 2 heteroatoms. The van der Waals surface area contributed by atoms with Crippen molar-refractivity contribution in [3.8, 4) is 0 Å². The van der Waals surface area contributed by atoms with Gasteiger partial charge in [-0.2, -0.15) is 0 Å². The lowest BCUT2D eigenvalue weighted by Crippen LogP contribution is -1.82. The molecule has 0 aromatic heterocycles. The van der Waals surface area contributed by atoms with Crippen molar-refractivity contribution in [3.63, 3.8) is 0 Å². The van der Waals surface area contributed by atoms with Crippen LogP contribution in [0.25, 0.3) is 0 Å². The van der Waals surface area contributed by atoms with Gasteiger partial charge in [0, 0.05) is 6.08 Å². The topological polar surface area (TPSA) is 37.3 Å². The maximum Gasteiger partial charge on any atom is 0.327 e. The fourth-order valence-corrected chi connectivity index (χ4v) is 0. The summed E-state index contributed by atoms with van der Waals surface area (Å²) >= 11 is 0. The number of carboxylic acids is 1. The Morgan fingerprint density at radius 1 is 0.846 bits per heavy atom. The molecule has 0 aliphatic carbocycles. The fraction of sp³-hybridized carbons (Fsp3) is 0. The summed E-state index contributed by atoms with van der Waals surface area (Å²) in [7, 11) is 0. The largest absolute Gasteiger partial charge is 0.478 e. The third-order valence-corrected chi connectivity index (χ3v) is 0.175. The Kier molecular flexibility index (Phi) is 424. The van der Waals surface area contributed by atoms with Crippen LogP contribution in [0.4, 0.5) is 0 Å². The average Bonchev–Trinajstić information content (AvgIpc) is 2.29. The van der Waals surface area contributed by atoms with E-state index in [-0.39, 0.29) is 0 Å². The summed E-state index contributed by atoms with van der Waals surface area (Å²) in [5.41, 5.74) is 0. The lowest BCUT2D eigenvalue weighted by atomic mass is 10.7. The maximum atomic E-state index is 9.25. The number of aliphatic carboxylic acids is 1. The summed E-state index contributed by atoms with van der Waals surface area (Å²) in [5.74, 6) is -0.981. The van der Waals surface area contributed by atoms with E-state index in [1.807, 2.05) is 0 Å². The first-order valence-electron chi connectivity index (χ1n) is 3.12. The molecule has 0 aromatic carbocycles. The molecule has 0 spiro atoms. The lowest BCUT2D eigenvalue weighted by molar-refractivity contribution is -0.131. The third-order valence-electron chi connectivity index (χ3n) is 0.175. The van der Waals surface area contributed by atoms with E-state index in [4.69, 9.17) is 5.11 Å². The molecular weight excluding hydrogens is 164 g/mol. The Morgan fingerprint density at radius 2 is 0.923 bits per heavy atom. The highest BCUT2D eigenvalue weighted by Gasteiger charge is 1.73.